The second-order valence-electron chi connectivity index (χ2n) is 5.93. The first kappa shape index (κ1) is 16.4. The lowest BCUT2D eigenvalue weighted by Gasteiger charge is -2.09. The van der Waals surface area contributed by atoms with Crippen LogP contribution in [0, 0.1) is 7.14 Å². The summed E-state index contributed by atoms with van der Waals surface area (Å²) in [6.07, 6.45) is 3.48. The van der Waals surface area contributed by atoms with E-state index in [4.69, 9.17) is 5.10 Å². The van der Waals surface area contributed by atoms with Gasteiger partial charge in [-0.2, -0.15) is 5.10 Å². The molecule has 0 unspecified atom stereocenters. The molecular formula is C19H17I2N3. The first-order valence-corrected chi connectivity index (χ1v) is 10.3. The summed E-state index contributed by atoms with van der Waals surface area (Å²) in [7, 11) is 0. The Bertz CT molecular complexity index is 869. The molecule has 0 bridgehead atoms. The molecule has 3 nitrogen and oxygen atoms in total. The summed E-state index contributed by atoms with van der Waals surface area (Å²) in [6, 6.07) is 17.0. The van der Waals surface area contributed by atoms with Crippen molar-refractivity contribution in [3.05, 3.63) is 61.2 Å². The zero-order valence-electron chi connectivity index (χ0n) is 13.1. The molecule has 0 aliphatic carbocycles. The van der Waals surface area contributed by atoms with Crippen LogP contribution in [0.4, 0.5) is 5.82 Å². The van der Waals surface area contributed by atoms with Gasteiger partial charge in [0.2, 0.25) is 0 Å². The maximum Gasteiger partial charge on any atom is 0.133 e. The van der Waals surface area contributed by atoms with E-state index in [2.05, 4.69) is 104 Å². The maximum atomic E-state index is 5.01. The molecule has 0 atom stereocenters. The molecule has 2 heterocycles. The predicted octanol–water partition coefficient (Wildman–Crippen LogP) is 5.50. The minimum absolute atomic E-state index is 1.01. The molecule has 4 rings (SSSR count). The first-order chi connectivity index (χ1) is 11.7. The van der Waals surface area contributed by atoms with Gasteiger partial charge in [0.05, 0.1) is 11.4 Å². The molecule has 0 spiro atoms. The number of rotatable bonds is 2. The van der Waals surface area contributed by atoms with Gasteiger partial charge in [-0.05, 0) is 94.8 Å². The smallest absolute Gasteiger partial charge is 0.133 e. The summed E-state index contributed by atoms with van der Waals surface area (Å²) in [5.74, 6) is 1.16. The molecule has 24 heavy (non-hydrogen) atoms. The second kappa shape index (κ2) is 7.03. The van der Waals surface area contributed by atoms with E-state index in [1.54, 1.807) is 0 Å². The van der Waals surface area contributed by atoms with Gasteiger partial charge in [-0.25, -0.2) is 4.68 Å². The van der Waals surface area contributed by atoms with Crippen molar-refractivity contribution in [2.75, 3.05) is 11.9 Å². The first-order valence-electron chi connectivity index (χ1n) is 8.10. The maximum absolute atomic E-state index is 5.01. The molecule has 1 aliphatic heterocycles. The minimum atomic E-state index is 1.01. The zero-order chi connectivity index (χ0) is 16.5. The van der Waals surface area contributed by atoms with Gasteiger partial charge in [-0.15, -0.1) is 0 Å². The van der Waals surface area contributed by atoms with Crippen LogP contribution in [0.5, 0.6) is 0 Å². The topological polar surface area (TPSA) is 29.9 Å². The van der Waals surface area contributed by atoms with E-state index < -0.39 is 0 Å². The van der Waals surface area contributed by atoms with E-state index >= 15 is 0 Å². The third kappa shape index (κ3) is 3.08. The number of fused-ring (bicyclic) bond motifs is 1. The Kier molecular flexibility index (Phi) is 4.80. The van der Waals surface area contributed by atoms with Crippen LogP contribution in [0.3, 0.4) is 0 Å². The third-order valence-corrected chi connectivity index (χ3v) is 5.99. The Morgan fingerprint density at radius 2 is 1.75 bits per heavy atom. The lowest BCUT2D eigenvalue weighted by molar-refractivity contribution is 0.780. The van der Waals surface area contributed by atoms with Crippen molar-refractivity contribution in [2.24, 2.45) is 0 Å². The van der Waals surface area contributed by atoms with Crippen molar-refractivity contribution in [1.29, 1.82) is 0 Å². The van der Waals surface area contributed by atoms with E-state index in [0.29, 0.717) is 0 Å². The van der Waals surface area contributed by atoms with E-state index in [-0.39, 0.29) is 0 Å². The molecule has 2 aromatic carbocycles. The Morgan fingerprint density at radius 3 is 2.54 bits per heavy atom. The molecular weight excluding hydrogens is 524 g/mol. The fraction of sp³-hybridized carbons (Fsp3) is 0.211. The number of halogens is 2. The zero-order valence-corrected chi connectivity index (χ0v) is 17.4. The highest BCUT2D eigenvalue weighted by Gasteiger charge is 2.22. The number of benzene rings is 2. The molecule has 0 fully saturated rings. The normalized spacial score (nSPS) is 13.9. The number of anilines is 1. The molecule has 1 N–H and O–H groups in total. The number of hydrogen-bond donors (Lipinski definition) is 1. The largest absolute Gasteiger partial charge is 0.370 e. The van der Waals surface area contributed by atoms with Crippen LogP contribution in [0.25, 0.3) is 16.9 Å². The number of nitrogens with zero attached hydrogens (tertiary/aromatic N) is 2. The molecule has 1 aliphatic rings. The van der Waals surface area contributed by atoms with Crippen molar-refractivity contribution in [3.8, 4) is 16.9 Å². The molecule has 3 aromatic rings. The van der Waals surface area contributed by atoms with E-state index in [9.17, 15) is 0 Å². The molecule has 5 heteroatoms. The highest BCUT2D eigenvalue weighted by Crippen LogP contribution is 2.35. The van der Waals surface area contributed by atoms with Gasteiger partial charge in [0.1, 0.15) is 5.82 Å². The lowest BCUT2D eigenvalue weighted by atomic mass is 10.0. The number of aromatic nitrogens is 2. The molecule has 0 saturated carbocycles. The van der Waals surface area contributed by atoms with Gasteiger partial charge < -0.3 is 5.32 Å². The average Bonchev–Trinajstić information content (AvgIpc) is 2.78. The van der Waals surface area contributed by atoms with Crippen LogP contribution in [-0.2, 0) is 6.42 Å². The molecule has 0 amide bonds. The van der Waals surface area contributed by atoms with Crippen LogP contribution in [0.15, 0.2) is 48.5 Å². The molecule has 1 aromatic heterocycles. The van der Waals surface area contributed by atoms with Crippen molar-refractivity contribution in [3.63, 3.8) is 0 Å². The summed E-state index contributed by atoms with van der Waals surface area (Å²) in [5.41, 5.74) is 4.79. The van der Waals surface area contributed by atoms with Crippen molar-refractivity contribution < 1.29 is 0 Å². The summed E-state index contributed by atoms with van der Waals surface area (Å²) >= 11 is 4.74. The van der Waals surface area contributed by atoms with Gasteiger partial charge in [0.15, 0.2) is 0 Å². The van der Waals surface area contributed by atoms with Crippen molar-refractivity contribution >= 4 is 51.0 Å². The SMILES string of the molecule is Ic1ccc(-n2nc(-c3ccccc3I)c3c2NCCCC3)cc1. The lowest BCUT2D eigenvalue weighted by Crippen LogP contribution is -2.07. The molecule has 0 saturated heterocycles. The van der Waals surface area contributed by atoms with E-state index in [1.807, 2.05) is 0 Å². The van der Waals surface area contributed by atoms with Gasteiger partial charge in [0, 0.05) is 24.8 Å². The predicted molar refractivity (Wildman–Crippen MR) is 116 cm³/mol. The van der Waals surface area contributed by atoms with Crippen LogP contribution in [0.1, 0.15) is 18.4 Å². The summed E-state index contributed by atoms with van der Waals surface area (Å²) < 4.78 is 4.56. The van der Waals surface area contributed by atoms with E-state index in [0.717, 1.165) is 30.2 Å². The minimum Gasteiger partial charge on any atom is -0.370 e. The van der Waals surface area contributed by atoms with Crippen LogP contribution < -0.4 is 5.32 Å². The van der Waals surface area contributed by atoms with E-state index in [1.165, 1.54) is 31.1 Å². The number of hydrogen-bond acceptors (Lipinski definition) is 2. The third-order valence-electron chi connectivity index (χ3n) is 4.33. The Hall–Kier alpha value is -1.09. The van der Waals surface area contributed by atoms with Crippen LogP contribution in [-0.4, -0.2) is 16.3 Å². The highest BCUT2D eigenvalue weighted by atomic mass is 127. The van der Waals surface area contributed by atoms with Crippen LogP contribution >= 0.6 is 45.2 Å². The fourth-order valence-corrected chi connectivity index (χ4v) is 4.14. The average molecular weight is 541 g/mol. The standard InChI is InChI=1S/C19H17I2N3/c20-13-8-10-14(11-9-13)24-19-16(6-3-4-12-22-19)18(23-24)15-5-1-2-7-17(15)21/h1-2,5,7-11,22H,3-4,6,12H2. The monoisotopic (exact) mass is 541 g/mol. The second-order valence-corrected chi connectivity index (χ2v) is 8.34. The molecule has 122 valence electrons. The highest BCUT2D eigenvalue weighted by molar-refractivity contribution is 14.1. The van der Waals surface area contributed by atoms with Crippen molar-refractivity contribution in [1.82, 2.24) is 9.78 Å². The Balaban J connectivity index is 1.92. The Labute approximate surface area is 169 Å². The van der Waals surface area contributed by atoms with Gasteiger partial charge >= 0.3 is 0 Å². The summed E-state index contributed by atoms with van der Waals surface area (Å²) in [4.78, 5) is 0. The van der Waals surface area contributed by atoms with Gasteiger partial charge in [0.25, 0.3) is 0 Å². The molecule has 0 radical (unpaired) electrons. The van der Waals surface area contributed by atoms with Crippen LogP contribution in [0.2, 0.25) is 0 Å². The van der Waals surface area contributed by atoms with Gasteiger partial charge in [-0.1, -0.05) is 18.2 Å². The fourth-order valence-electron chi connectivity index (χ4n) is 3.14. The Morgan fingerprint density at radius 1 is 0.958 bits per heavy atom. The number of nitrogens with one attached hydrogen (secondary N) is 1. The van der Waals surface area contributed by atoms with Crippen molar-refractivity contribution in [2.45, 2.75) is 19.3 Å². The summed E-state index contributed by atoms with van der Waals surface area (Å²) in [5, 5.41) is 8.62. The summed E-state index contributed by atoms with van der Waals surface area (Å²) in [6.45, 7) is 1.01. The van der Waals surface area contributed by atoms with Gasteiger partial charge in [-0.3, -0.25) is 0 Å². The quantitative estimate of drug-likeness (QED) is 0.435.